The van der Waals surface area contributed by atoms with Crippen molar-refractivity contribution in [2.75, 3.05) is 13.2 Å². The Morgan fingerprint density at radius 3 is 2.67 bits per heavy atom. The number of hydrogen-bond acceptors (Lipinski definition) is 4. The van der Waals surface area contributed by atoms with Crippen LogP contribution in [0.5, 0.6) is 0 Å². The number of rotatable bonds is 7. The van der Waals surface area contributed by atoms with Crippen molar-refractivity contribution in [3.8, 4) is 0 Å². The van der Waals surface area contributed by atoms with E-state index < -0.39 is 5.97 Å². The second-order valence-electron chi connectivity index (χ2n) is 4.88. The highest BCUT2D eigenvalue weighted by Gasteiger charge is 2.17. The molecule has 1 aromatic rings. The van der Waals surface area contributed by atoms with E-state index in [1.807, 2.05) is 0 Å². The van der Waals surface area contributed by atoms with Crippen LogP contribution in [-0.4, -0.2) is 30.0 Å². The van der Waals surface area contributed by atoms with Crippen molar-refractivity contribution in [3.63, 3.8) is 0 Å². The fourth-order valence-corrected chi connectivity index (χ4v) is 2.25. The van der Waals surface area contributed by atoms with Gasteiger partial charge in [0.25, 0.3) is 5.91 Å². The summed E-state index contributed by atoms with van der Waals surface area (Å²) in [5.74, 6) is -0.943. The van der Waals surface area contributed by atoms with Gasteiger partial charge < -0.3 is 10.1 Å². The van der Waals surface area contributed by atoms with Crippen molar-refractivity contribution in [3.05, 3.63) is 28.0 Å². The number of amides is 1. The number of carbonyl (C=O) groups excluding carboxylic acids is 2. The van der Waals surface area contributed by atoms with Gasteiger partial charge in [0.05, 0.1) is 5.56 Å². The molecule has 0 spiro atoms. The van der Waals surface area contributed by atoms with Gasteiger partial charge in [-0.25, -0.2) is 9.78 Å². The van der Waals surface area contributed by atoms with Crippen LogP contribution in [-0.2, 0) is 9.53 Å². The number of nitrogens with zero attached hydrogens (tertiary/aromatic N) is 1. The molecule has 1 rings (SSSR count). The maximum atomic E-state index is 12.0. The van der Waals surface area contributed by atoms with Crippen LogP contribution in [0, 0.1) is 13.8 Å². The number of aryl methyl sites for hydroxylation is 2. The number of halogens is 1. The van der Waals surface area contributed by atoms with E-state index in [2.05, 4.69) is 17.2 Å². The van der Waals surface area contributed by atoms with Gasteiger partial charge in [-0.1, -0.05) is 31.4 Å². The first-order chi connectivity index (χ1) is 9.95. The Kier molecular flexibility index (Phi) is 7.15. The minimum absolute atomic E-state index is 0.0980. The van der Waals surface area contributed by atoms with Crippen LogP contribution < -0.4 is 5.32 Å². The van der Waals surface area contributed by atoms with Gasteiger partial charge in [0.2, 0.25) is 0 Å². The van der Waals surface area contributed by atoms with Gasteiger partial charge >= 0.3 is 5.97 Å². The monoisotopic (exact) mass is 312 g/mol. The average Bonchev–Trinajstić information content (AvgIpc) is 2.40. The molecule has 21 heavy (non-hydrogen) atoms. The number of hydrogen-bond donors (Lipinski definition) is 1. The van der Waals surface area contributed by atoms with Crippen LogP contribution >= 0.6 is 11.6 Å². The first kappa shape index (κ1) is 17.4. The Bertz CT molecular complexity index is 495. The summed E-state index contributed by atoms with van der Waals surface area (Å²) in [6, 6.07) is 1.74. The third kappa shape index (κ3) is 5.71. The molecule has 0 aliphatic carbocycles. The molecule has 0 aromatic carbocycles. The summed E-state index contributed by atoms with van der Waals surface area (Å²) in [7, 11) is 0. The number of esters is 1. The minimum atomic E-state index is -0.631. The zero-order valence-corrected chi connectivity index (χ0v) is 13.4. The molecule has 0 radical (unpaired) electrons. The zero-order valence-electron chi connectivity index (χ0n) is 12.7. The molecule has 0 aliphatic rings. The molecule has 0 bridgehead atoms. The Balaban J connectivity index is 2.49. The van der Waals surface area contributed by atoms with E-state index in [-0.39, 0.29) is 23.2 Å². The first-order valence-corrected chi connectivity index (χ1v) is 7.41. The number of nitrogens with one attached hydrogen (secondary N) is 1. The second-order valence-corrected chi connectivity index (χ2v) is 5.24. The van der Waals surface area contributed by atoms with Crippen LogP contribution in [0.4, 0.5) is 0 Å². The lowest BCUT2D eigenvalue weighted by Gasteiger charge is -2.09. The van der Waals surface area contributed by atoms with Crippen LogP contribution in [0.1, 0.15) is 47.8 Å². The molecule has 6 heteroatoms. The Labute approximate surface area is 130 Å². The Morgan fingerprint density at radius 2 is 2.05 bits per heavy atom. The van der Waals surface area contributed by atoms with E-state index in [1.54, 1.807) is 19.9 Å². The van der Waals surface area contributed by atoms with Crippen LogP contribution in [0.25, 0.3) is 0 Å². The van der Waals surface area contributed by atoms with Gasteiger partial charge in [0.1, 0.15) is 5.15 Å². The fourth-order valence-electron chi connectivity index (χ4n) is 1.89. The van der Waals surface area contributed by atoms with Crippen molar-refractivity contribution in [1.29, 1.82) is 0 Å². The summed E-state index contributed by atoms with van der Waals surface area (Å²) in [5.41, 5.74) is 1.62. The molecule has 1 amide bonds. The summed E-state index contributed by atoms with van der Waals surface area (Å²) < 4.78 is 4.97. The van der Waals surface area contributed by atoms with Gasteiger partial charge in [-0.15, -0.1) is 0 Å². The summed E-state index contributed by atoms with van der Waals surface area (Å²) in [4.78, 5) is 27.5. The smallest absolute Gasteiger partial charge is 0.342 e. The third-order valence-corrected chi connectivity index (χ3v) is 3.22. The summed E-state index contributed by atoms with van der Waals surface area (Å²) in [5, 5.41) is 2.80. The number of carbonyl (C=O) groups is 2. The molecule has 5 nitrogen and oxygen atoms in total. The number of unbranched alkanes of at least 4 members (excludes halogenated alkanes) is 2. The number of aromatic nitrogens is 1. The second kappa shape index (κ2) is 8.62. The standard InChI is InChI=1S/C15H21ClN2O3/c1-4-5-6-7-17-12(19)9-21-15(20)13-10(2)8-11(3)18-14(13)16/h8H,4-7,9H2,1-3H3,(H,17,19). The lowest BCUT2D eigenvalue weighted by atomic mass is 10.1. The minimum Gasteiger partial charge on any atom is -0.452 e. The van der Waals surface area contributed by atoms with E-state index in [0.717, 1.165) is 25.0 Å². The lowest BCUT2D eigenvalue weighted by molar-refractivity contribution is -0.124. The highest BCUT2D eigenvalue weighted by molar-refractivity contribution is 6.32. The molecule has 0 aliphatic heterocycles. The summed E-state index contributed by atoms with van der Waals surface area (Å²) in [6.45, 7) is 5.91. The molecule has 0 atom stereocenters. The van der Waals surface area contributed by atoms with E-state index in [9.17, 15) is 9.59 Å². The highest BCUT2D eigenvalue weighted by atomic mass is 35.5. The number of ether oxygens (including phenoxy) is 1. The van der Waals surface area contributed by atoms with Crippen molar-refractivity contribution < 1.29 is 14.3 Å². The van der Waals surface area contributed by atoms with Gasteiger partial charge in [0, 0.05) is 12.2 Å². The number of pyridine rings is 1. The van der Waals surface area contributed by atoms with Crippen molar-refractivity contribution in [2.45, 2.75) is 40.0 Å². The Hall–Kier alpha value is -1.62. The molecule has 0 unspecified atom stereocenters. The normalized spacial score (nSPS) is 10.3. The SMILES string of the molecule is CCCCCNC(=O)COC(=O)c1c(C)cc(C)nc1Cl. The quantitative estimate of drug-likeness (QED) is 0.477. The molecule has 0 saturated heterocycles. The van der Waals surface area contributed by atoms with Gasteiger partial charge in [-0.05, 0) is 31.9 Å². The summed E-state index contributed by atoms with van der Waals surface area (Å²) >= 11 is 5.95. The van der Waals surface area contributed by atoms with Gasteiger partial charge in [-0.3, -0.25) is 4.79 Å². The molecule has 0 fully saturated rings. The third-order valence-electron chi connectivity index (χ3n) is 2.94. The van der Waals surface area contributed by atoms with Crippen molar-refractivity contribution in [2.24, 2.45) is 0 Å². The molecule has 116 valence electrons. The van der Waals surface area contributed by atoms with Crippen molar-refractivity contribution >= 4 is 23.5 Å². The molecule has 0 saturated carbocycles. The summed E-state index contributed by atoms with van der Waals surface area (Å²) in [6.07, 6.45) is 3.07. The van der Waals surface area contributed by atoms with Crippen LogP contribution in [0.2, 0.25) is 5.15 Å². The van der Waals surface area contributed by atoms with E-state index >= 15 is 0 Å². The van der Waals surface area contributed by atoms with Gasteiger partial charge in [-0.2, -0.15) is 0 Å². The topological polar surface area (TPSA) is 68.3 Å². The predicted octanol–water partition coefficient (Wildman–Crippen LogP) is 2.82. The van der Waals surface area contributed by atoms with E-state index in [0.29, 0.717) is 12.1 Å². The maximum absolute atomic E-state index is 12.0. The molecular formula is C15H21ClN2O3. The highest BCUT2D eigenvalue weighted by Crippen LogP contribution is 2.19. The molecular weight excluding hydrogens is 292 g/mol. The van der Waals surface area contributed by atoms with Crippen LogP contribution in [0.15, 0.2) is 6.07 Å². The lowest BCUT2D eigenvalue weighted by Crippen LogP contribution is -2.29. The Morgan fingerprint density at radius 1 is 1.33 bits per heavy atom. The first-order valence-electron chi connectivity index (χ1n) is 7.03. The fraction of sp³-hybridized carbons (Fsp3) is 0.533. The molecule has 1 aromatic heterocycles. The van der Waals surface area contributed by atoms with Crippen LogP contribution in [0.3, 0.4) is 0 Å². The predicted molar refractivity (Wildman–Crippen MR) is 81.5 cm³/mol. The largest absolute Gasteiger partial charge is 0.452 e. The van der Waals surface area contributed by atoms with Crippen molar-refractivity contribution in [1.82, 2.24) is 10.3 Å². The molecule has 1 N–H and O–H groups in total. The van der Waals surface area contributed by atoms with Gasteiger partial charge in [0.15, 0.2) is 6.61 Å². The average molecular weight is 313 g/mol. The van der Waals surface area contributed by atoms with E-state index in [1.165, 1.54) is 0 Å². The maximum Gasteiger partial charge on any atom is 0.342 e. The van der Waals surface area contributed by atoms with E-state index in [4.69, 9.17) is 16.3 Å². The molecule has 1 heterocycles. The zero-order chi connectivity index (χ0) is 15.8.